The highest BCUT2D eigenvalue weighted by atomic mass is 32.1. The van der Waals surface area contributed by atoms with Crippen LogP contribution in [0, 0.1) is 0 Å². The highest BCUT2D eigenvalue weighted by Crippen LogP contribution is 2.41. The van der Waals surface area contributed by atoms with Crippen LogP contribution in [0.4, 0.5) is 0 Å². The first-order chi connectivity index (χ1) is 11.8. The minimum absolute atomic E-state index is 0.203. The summed E-state index contributed by atoms with van der Waals surface area (Å²) in [7, 11) is 0. The van der Waals surface area contributed by atoms with Gasteiger partial charge in [-0.15, -0.1) is 11.3 Å². The molecule has 1 aliphatic carbocycles. The number of likely N-dealkylation sites (tertiary alicyclic amines) is 1. The van der Waals surface area contributed by atoms with Crippen molar-refractivity contribution in [2.24, 2.45) is 0 Å². The molecule has 2 heterocycles. The molecule has 1 aromatic carbocycles. The first-order valence-electron chi connectivity index (χ1n) is 8.89. The lowest BCUT2D eigenvalue weighted by molar-refractivity contribution is 0.172. The van der Waals surface area contributed by atoms with Gasteiger partial charge in [0.15, 0.2) is 0 Å². The predicted octanol–water partition coefficient (Wildman–Crippen LogP) is 2.75. The highest BCUT2D eigenvalue weighted by Gasteiger charge is 2.30. The lowest BCUT2D eigenvalue weighted by Gasteiger charge is -2.24. The number of benzene rings is 1. The zero-order chi connectivity index (χ0) is 16.4. The standard InChI is InChI=1S/C19H25N3OS/c23-17-8-16(22(13-17)12-14-4-2-1-3-5-14)9-20-10-18-11-21-19(24-18)15-6-7-15/h1-5,11,15-17,20,23H,6-10,12-13H2. The van der Waals surface area contributed by atoms with Gasteiger partial charge in [-0.3, -0.25) is 4.90 Å². The van der Waals surface area contributed by atoms with Crippen LogP contribution in [0.3, 0.4) is 0 Å². The van der Waals surface area contributed by atoms with Crippen LogP contribution in [0.5, 0.6) is 0 Å². The Hall–Kier alpha value is -1.27. The first-order valence-corrected chi connectivity index (χ1v) is 9.71. The summed E-state index contributed by atoms with van der Waals surface area (Å²) in [6.45, 7) is 3.49. The molecule has 1 saturated heterocycles. The van der Waals surface area contributed by atoms with Crippen LogP contribution >= 0.6 is 11.3 Å². The van der Waals surface area contributed by atoms with E-state index in [1.807, 2.05) is 23.6 Å². The van der Waals surface area contributed by atoms with E-state index in [1.54, 1.807) is 0 Å². The SMILES string of the molecule is OC1CC(CNCc2cnc(C3CC3)s2)N(Cc2ccccc2)C1. The number of rotatable bonds is 7. The zero-order valence-electron chi connectivity index (χ0n) is 13.9. The first kappa shape index (κ1) is 16.2. The van der Waals surface area contributed by atoms with Crippen molar-refractivity contribution < 1.29 is 5.11 Å². The number of thiazole rings is 1. The van der Waals surface area contributed by atoms with E-state index in [4.69, 9.17) is 0 Å². The van der Waals surface area contributed by atoms with Crippen molar-refractivity contribution in [3.05, 3.63) is 52.0 Å². The Morgan fingerprint density at radius 1 is 1.25 bits per heavy atom. The van der Waals surface area contributed by atoms with Crippen molar-refractivity contribution in [3.8, 4) is 0 Å². The van der Waals surface area contributed by atoms with Gasteiger partial charge in [0, 0.05) is 49.2 Å². The van der Waals surface area contributed by atoms with E-state index in [0.717, 1.165) is 38.5 Å². The zero-order valence-corrected chi connectivity index (χ0v) is 14.7. The molecule has 2 fully saturated rings. The number of aliphatic hydroxyl groups excluding tert-OH is 1. The summed E-state index contributed by atoms with van der Waals surface area (Å²) in [5.74, 6) is 0.745. The molecule has 0 radical (unpaired) electrons. The highest BCUT2D eigenvalue weighted by molar-refractivity contribution is 7.11. The van der Waals surface area contributed by atoms with Gasteiger partial charge in [0.2, 0.25) is 0 Å². The smallest absolute Gasteiger partial charge is 0.0959 e. The summed E-state index contributed by atoms with van der Waals surface area (Å²) in [6.07, 6.45) is 5.31. The maximum absolute atomic E-state index is 10.1. The van der Waals surface area contributed by atoms with Crippen molar-refractivity contribution in [2.45, 2.75) is 50.4 Å². The minimum Gasteiger partial charge on any atom is -0.392 e. The van der Waals surface area contributed by atoms with Gasteiger partial charge in [-0.05, 0) is 24.8 Å². The van der Waals surface area contributed by atoms with E-state index in [1.165, 1.54) is 28.3 Å². The van der Waals surface area contributed by atoms with Crippen molar-refractivity contribution >= 4 is 11.3 Å². The average molecular weight is 343 g/mol. The Labute approximate surface area is 147 Å². The van der Waals surface area contributed by atoms with Crippen LogP contribution in [-0.2, 0) is 13.1 Å². The summed E-state index contributed by atoms with van der Waals surface area (Å²) in [4.78, 5) is 8.26. The Balaban J connectivity index is 1.28. The van der Waals surface area contributed by atoms with Crippen LogP contribution in [0.15, 0.2) is 36.5 Å². The molecule has 0 spiro atoms. The lowest BCUT2D eigenvalue weighted by atomic mass is 10.1. The van der Waals surface area contributed by atoms with Gasteiger partial charge in [0.1, 0.15) is 0 Å². The number of nitrogens with one attached hydrogen (secondary N) is 1. The second-order valence-corrected chi connectivity index (χ2v) is 8.18. The third-order valence-electron chi connectivity index (χ3n) is 4.91. The number of aliphatic hydroxyl groups is 1. The van der Waals surface area contributed by atoms with E-state index in [0.29, 0.717) is 6.04 Å². The van der Waals surface area contributed by atoms with Crippen LogP contribution in [0.2, 0.25) is 0 Å². The summed E-state index contributed by atoms with van der Waals surface area (Å²) in [5, 5.41) is 14.9. The van der Waals surface area contributed by atoms with Crippen LogP contribution < -0.4 is 5.32 Å². The fourth-order valence-electron chi connectivity index (χ4n) is 3.47. The van der Waals surface area contributed by atoms with Crippen molar-refractivity contribution in [1.29, 1.82) is 0 Å². The molecule has 0 amide bonds. The van der Waals surface area contributed by atoms with Crippen LogP contribution in [0.25, 0.3) is 0 Å². The topological polar surface area (TPSA) is 48.4 Å². The second-order valence-electron chi connectivity index (χ2n) is 7.03. The Kier molecular flexibility index (Phi) is 4.94. The fourth-order valence-corrected chi connectivity index (χ4v) is 4.52. The molecule has 2 N–H and O–H groups in total. The molecule has 2 atom stereocenters. The van der Waals surface area contributed by atoms with E-state index < -0.39 is 0 Å². The molecule has 24 heavy (non-hydrogen) atoms. The second kappa shape index (κ2) is 7.31. The monoisotopic (exact) mass is 343 g/mol. The molecule has 128 valence electrons. The molecule has 4 rings (SSSR count). The third-order valence-corrected chi connectivity index (χ3v) is 6.07. The molecule has 1 saturated carbocycles. The summed E-state index contributed by atoms with van der Waals surface area (Å²) in [5.41, 5.74) is 1.31. The van der Waals surface area contributed by atoms with Gasteiger partial charge in [-0.2, -0.15) is 0 Å². The third kappa shape index (κ3) is 4.03. The molecule has 2 aromatic rings. The Bertz CT molecular complexity index is 656. The van der Waals surface area contributed by atoms with Crippen LogP contribution in [0.1, 0.15) is 40.6 Å². The van der Waals surface area contributed by atoms with Gasteiger partial charge in [0.25, 0.3) is 0 Å². The predicted molar refractivity (Wildman–Crippen MR) is 97.1 cm³/mol. The maximum atomic E-state index is 10.1. The van der Waals surface area contributed by atoms with Crippen molar-refractivity contribution in [1.82, 2.24) is 15.2 Å². The molecule has 1 aliphatic heterocycles. The molecular formula is C19H25N3OS. The van der Waals surface area contributed by atoms with Crippen LogP contribution in [-0.4, -0.2) is 40.2 Å². The molecule has 4 nitrogen and oxygen atoms in total. The fraction of sp³-hybridized carbons (Fsp3) is 0.526. The molecule has 2 aliphatic rings. The van der Waals surface area contributed by atoms with E-state index >= 15 is 0 Å². The molecular weight excluding hydrogens is 318 g/mol. The average Bonchev–Trinajstić information content (AvgIpc) is 3.23. The summed E-state index contributed by atoms with van der Waals surface area (Å²) in [6, 6.07) is 10.9. The van der Waals surface area contributed by atoms with Gasteiger partial charge >= 0.3 is 0 Å². The Morgan fingerprint density at radius 3 is 2.88 bits per heavy atom. The maximum Gasteiger partial charge on any atom is 0.0959 e. The van der Waals surface area contributed by atoms with Gasteiger partial charge in [-0.1, -0.05) is 30.3 Å². The van der Waals surface area contributed by atoms with E-state index in [2.05, 4.69) is 39.5 Å². The summed E-state index contributed by atoms with van der Waals surface area (Å²) >= 11 is 1.85. The summed E-state index contributed by atoms with van der Waals surface area (Å²) < 4.78 is 0. The van der Waals surface area contributed by atoms with E-state index in [9.17, 15) is 5.11 Å². The van der Waals surface area contributed by atoms with Crippen molar-refractivity contribution in [2.75, 3.05) is 13.1 Å². The van der Waals surface area contributed by atoms with Gasteiger partial charge in [0.05, 0.1) is 11.1 Å². The Morgan fingerprint density at radius 2 is 2.08 bits per heavy atom. The lowest BCUT2D eigenvalue weighted by Crippen LogP contribution is -2.37. The molecule has 5 heteroatoms. The number of hydrogen-bond donors (Lipinski definition) is 2. The molecule has 1 aromatic heterocycles. The molecule has 2 unspecified atom stereocenters. The normalized spacial score (nSPS) is 24.5. The quantitative estimate of drug-likeness (QED) is 0.812. The number of aromatic nitrogens is 1. The van der Waals surface area contributed by atoms with Gasteiger partial charge < -0.3 is 10.4 Å². The van der Waals surface area contributed by atoms with E-state index in [-0.39, 0.29) is 6.10 Å². The van der Waals surface area contributed by atoms with Gasteiger partial charge in [-0.25, -0.2) is 4.98 Å². The van der Waals surface area contributed by atoms with Crippen molar-refractivity contribution in [3.63, 3.8) is 0 Å². The molecule has 0 bridgehead atoms. The number of hydrogen-bond acceptors (Lipinski definition) is 5. The largest absolute Gasteiger partial charge is 0.392 e. The number of β-amino-alcohol motifs (C(OH)–C–C–N with tert-alkyl or cyclic N) is 1. The number of nitrogens with zero attached hydrogens (tertiary/aromatic N) is 2. The minimum atomic E-state index is -0.203.